The molecule has 3 N–H and O–H groups in total. The number of carbonyl (C=O) groups excluding carboxylic acids is 1. The van der Waals surface area contributed by atoms with Crippen LogP contribution in [0.5, 0.6) is 0 Å². The quantitative estimate of drug-likeness (QED) is 0.809. The van der Waals surface area contributed by atoms with Gasteiger partial charge in [-0.25, -0.2) is 8.42 Å². The van der Waals surface area contributed by atoms with Gasteiger partial charge in [-0.15, -0.1) is 0 Å². The first kappa shape index (κ1) is 16.2. The van der Waals surface area contributed by atoms with Crippen LogP contribution in [0.15, 0.2) is 30.5 Å². The number of sulfone groups is 1. The number of carboxylic acid groups (broad SMARTS) is 1. The topological polar surface area (TPSA) is 119 Å². The van der Waals surface area contributed by atoms with Crippen LogP contribution in [-0.4, -0.2) is 41.5 Å². The van der Waals surface area contributed by atoms with Gasteiger partial charge in [-0.1, -0.05) is 18.2 Å². The number of rotatable bonds is 5. The number of hydrogen-bond donors (Lipinski definition) is 2. The van der Waals surface area contributed by atoms with E-state index < -0.39 is 27.0 Å². The maximum absolute atomic E-state index is 11.7. The van der Waals surface area contributed by atoms with Gasteiger partial charge in [0.2, 0.25) is 9.84 Å². The van der Waals surface area contributed by atoms with Crippen LogP contribution in [0.25, 0.3) is 10.9 Å². The minimum Gasteiger partial charge on any atom is -0.480 e. The number of aromatic nitrogens is 1. The predicted octanol–water partition coefficient (Wildman–Crippen LogP) is 0.167. The van der Waals surface area contributed by atoms with Crippen molar-refractivity contribution in [1.29, 1.82) is 0 Å². The smallest absolute Gasteiger partial charge is 0.320 e. The van der Waals surface area contributed by atoms with Crippen molar-refractivity contribution in [3.8, 4) is 0 Å². The van der Waals surface area contributed by atoms with Crippen LogP contribution in [-0.2, 0) is 32.4 Å². The Bertz CT molecular complexity index is 838. The minimum absolute atomic E-state index is 0.0932. The van der Waals surface area contributed by atoms with Crippen LogP contribution in [0, 0.1) is 0 Å². The van der Waals surface area contributed by atoms with Gasteiger partial charge in [0.25, 0.3) is 5.12 Å². The third-order valence-corrected chi connectivity index (χ3v) is 4.30. The van der Waals surface area contributed by atoms with E-state index >= 15 is 0 Å². The summed E-state index contributed by atoms with van der Waals surface area (Å²) < 4.78 is 24.1. The normalized spacial score (nSPS) is 13.2. The van der Waals surface area contributed by atoms with Crippen LogP contribution >= 0.6 is 0 Å². The third kappa shape index (κ3) is 3.34. The largest absolute Gasteiger partial charge is 0.480 e. The van der Waals surface area contributed by atoms with E-state index in [1.54, 1.807) is 30.5 Å². The van der Waals surface area contributed by atoms with Gasteiger partial charge in [-0.3, -0.25) is 9.59 Å². The van der Waals surface area contributed by atoms with E-state index in [-0.39, 0.29) is 13.0 Å². The van der Waals surface area contributed by atoms with Gasteiger partial charge in [-0.05, 0) is 11.6 Å². The minimum atomic E-state index is -3.78. The molecule has 1 aromatic carbocycles. The number of aliphatic carboxylic acids is 1. The molecule has 22 heavy (non-hydrogen) atoms. The molecule has 0 radical (unpaired) electrons. The van der Waals surface area contributed by atoms with E-state index in [1.165, 1.54) is 4.57 Å². The number of nitrogens with zero attached hydrogens (tertiary/aromatic N) is 1. The summed E-state index contributed by atoms with van der Waals surface area (Å²) in [5.41, 5.74) is 6.87. The molecule has 0 spiro atoms. The summed E-state index contributed by atoms with van der Waals surface area (Å²) in [6.45, 7) is -0.318. The Morgan fingerprint density at radius 3 is 2.55 bits per heavy atom. The molecule has 0 aliphatic carbocycles. The van der Waals surface area contributed by atoms with Gasteiger partial charge >= 0.3 is 5.97 Å². The Labute approximate surface area is 127 Å². The molecule has 0 bridgehead atoms. The summed E-state index contributed by atoms with van der Waals surface area (Å²) in [7, 11) is -3.78. The molecule has 0 fully saturated rings. The zero-order valence-corrected chi connectivity index (χ0v) is 12.7. The molecule has 0 aliphatic rings. The number of fused-ring (bicyclic) bond motifs is 1. The lowest BCUT2D eigenvalue weighted by atomic mass is 10.1. The highest BCUT2D eigenvalue weighted by Crippen LogP contribution is 2.22. The molecular weight excluding hydrogens is 308 g/mol. The summed E-state index contributed by atoms with van der Waals surface area (Å²) >= 11 is 0. The van der Waals surface area contributed by atoms with E-state index in [9.17, 15) is 18.0 Å². The SMILES string of the molecule is CS(=O)(=O)C(=O)Cn1cc(CC(N)C(=O)O)c2ccccc21. The zero-order chi connectivity index (χ0) is 16.5. The lowest BCUT2D eigenvalue weighted by molar-refractivity contribution is -0.138. The monoisotopic (exact) mass is 324 g/mol. The summed E-state index contributed by atoms with van der Waals surface area (Å²) in [4.78, 5) is 22.6. The molecule has 1 unspecified atom stereocenters. The molecule has 0 aliphatic heterocycles. The molecule has 118 valence electrons. The van der Waals surface area contributed by atoms with E-state index in [2.05, 4.69) is 0 Å². The Morgan fingerprint density at radius 1 is 1.32 bits per heavy atom. The maximum Gasteiger partial charge on any atom is 0.320 e. The van der Waals surface area contributed by atoms with Gasteiger partial charge in [0.05, 0.1) is 6.54 Å². The first-order chi connectivity index (χ1) is 10.2. The van der Waals surface area contributed by atoms with Crippen molar-refractivity contribution in [2.24, 2.45) is 5.73 Å². The average molecular weight is 324 g/mol. The summed E-state index contributed by atoms with van der Waals surface area (Å²) in [6.07, 6.45) is 2.54. The molecule has 2 rings (SSSR count). The van der Waals surface area contributed by atoms with Crippen molar-refractivity contribution < 1.29 is 23.1 Å². The number of para-hydroxylation sites is 1. The Balaban J connectivity index is 2.44. The van der Waals surface area contributed by atoms with E-state index in [1.807, 2.05) is 0 Å². The molecule has 1 heterocycles. The Hall–Kier alpha value is -2.19. The highest BCUT2D eigenvalue weighted by molar-refractivity contribution is 8.05. The van der Waals surface area contributed by atoms with Gasteiger partial charge in [0.1, 0.15) is 6.04 Å². The highest BCUT2D eigenvalue weighted by atomic mass is 32.2. The predicted molar refractivity (Wildman–Crippen MR) is 81.1 cm³/mol. The first-order valence-electron chi connectivity index (χ1n) is 6.48. The van der Waals surface area contributed by atoms with Crippen LogP contribution < -0.4 is 5.73 Å². The van der Waals surface area contributed by atoms with Crippen LogP contribution in [0.3, 0.4) is 0 Å². The number of nitrogens with two attached hydrogens (primary N) is 1. The molecule has 0 amide bonds. The number of carboxylic acids is 1. The van der Waals surface area contributed by atoms with Crippen molar-refractivity contribution in [2.75, 3.05) is 6.26 Å². The van der Waals surface area contributed by atoms with E-state index in [4.69, 9.17) is 10.8 Å². The van der Waals surface area contributed by atoms with E-state index in [0.29, 0.717) is 11.1 Å². The first-order valence-corrected chi connectivity index (χ1v) is 8.37. The highest BCUT2D eigenvalue weighted by Gasteiger charge is 2.20. The maximum atomic E-state index is 11.7. The zero-order valence-electron chi connectivity index (χ0n) is 11.9. The fourth-order valence-corrected chi connectivity index (χ4v) is 2.57. The molecule has 1 aromatic heterocycles. The third-order valence-electron chi connectivity index (χ3n) is 3.34. The standard InChI is InChI=1S/C14H16N2O5S/c1-22(20,21)13(17)8-16-7-9(6-11(15)14(18)19)10-4-2-3-5-12(10)16/h2-5,7,11H,6,8,15H2,1H3,(H,18,19). The molecule has 0 saturated carbocycles. The van der Waals surface area contributed by atoms with Gasteiger partial charge < -0.3 is 15.4 Å². The van der Waals surface area contributed by atoms with Gasteiger partial charge in [-0.2, -0.15) is 0 Å². The van der Waals surface area contributed by atoms with Gasteiger partial charge in [0, 0.05) is 29.8 Å². The molecule has 2 aromatic rings. The lowest BCUT2D eigenvalue weighted by Crippen LogP contribution is -2.32. The average Bonchev–Trinajstić information content (AvgIpc) is 2.76. The Kier molecular flexibility index (Phi) is 4.34. The molecule has 7 nitrogen and oxygen atoms in total. The van der Waals surface area contributed by atoms with Crippen LogP contribution in [0.2, 0.25) is 0 Å². The van der Waals surface area contributed by atoms with Crippen LogP contribution in [0.4, 0.5) is 0 Å². The second kappa shape index (κ2) is 5.90. The summed E-state index contributed by atoms with van der Waals surface area (Å²) in [5, 5.41) is 8.76. The second-order valence-electron chi connectivity index (χ2n) is 5.09. The van der Waals surface area contributed by atoms with Crippen molar-refractivity contribution in [2.45, 2.75) is 19.0 Å². The van der Waals surface area contributed by atoms with E-state index in [0.717, 1.165) is 11.6 Å². The van der Waals surface area contributed by atoms with Crippen LogP contribution in [0.1, 0.15) is 5.56 Å². The number of benzene rings is 1. The fraction of sp³-hybridized carbons (Fsp3) is 0.286. The van der Waals surface area contributed by atoms with Gasteiger partial charge in [0.15, 0.2) is 0 Å². The van der Waals surface area contributed by atoms with Crippen molar-refractivity contribution in [3.05, 3.63) is 36.0 Å². The number of carbonyl (C=O) groups is 2. The summed E-state index contributed by atoms with van der Waals surface area (Å²) in [6, 6.07) is 5.98. The van der Waals surface area contributed by atoms with Crippen molar-refractivity contribution >= 4 is 31.8 Å². The summed E-state index contributed by atoms with van der Waals surface area (Å²) in [5.74, 6) is -1.12. The lowest BCUT2D eigenvalue weighted by Gasteiger charge is -2.04. The molecule has 1 atom stereocenters. The Morgan fingerprint density at radius 2 is 1.95 bits per heavy atom. The number of hydrogen-bond acceptors (Lipinski definition) is 5. The molecule has 0 saturated heterocycles. The second-order valence-corrected chi connectivity index (χ2v) is 7.09. The molecule has 8 heteroatoms. The van der Waals surface area contributed by atoms with Crippen molar-refractivity contribution in [1.82, 2.24) is 4.57 Å². The van der Waals surface area contributed by atoms with Crippen molar-refractivity contribution in [3.63, 3.8) is 0 Å². The fourth-order valence-electron chi connectivity index (χ4n) is 2.20. The molecular formula is C14H16N2O5S.